The molecule has 0 spiro atoms. The molecular formula is C18H19F3N2O. The topological polar surface area (TPSA) is 32.3 Å². The third kappa shape index (κ3) is 5.38. The fraction of sp³-hybridized carbons (Fsp3) is 0.278. The van der Waals surface area contributed by atoms with E-state index in [1.54, 1.807) is 11.9 Å². The lowest BCUT2D eigenvalue weighted by Gasteiger charge is -2.17. The van der Waals surface area contributed by atoms with Crippen LogP contribution in [0.2, 0.25) is 0 Å². The van der Waals surface area contributed by atoms with Gasteiger partial charge in [-0.15, -0.1) is 0 Å². The van der Waals surface area contributed by atoms with Gasteiger partial charge in [0.05, 0.1) is 12.1 Å². The third-order valence-corrected chi connectivity index (χ3v) is 3.46. The Bertz CT molecular complexity index is 696. The van der Waals surface area contributed by atoms with E-state index in [0.29, 0.717) is 6.54 Å². The number of carbonyl (C=O) groups excluding carboxylic acids is 1. The Balaban J connectivity index is 1.92. The lowest BCUT2D eigenvalue weighted by atomic mass is 10.1. The van der Waals surface area contributed by atoms with E-state index in [2.05, 4.69) is 5.32 Å². The Morgan fingerprint density at radius 1 is 1.12 bits per heavy atom. The molecule has 1 amide bonds. The lowest BCUT2D eigenvalue weighted by Crippen LogP contribution is -2.29. The van der Waals surface area contributed by atoms with Crippen LogP contribution < -0.4 is 5.32 Å². The number of nitrogens with one attached hydrogen (secondary N) is 1. The number of amides is 1. The first-order valence-corrected chi connectivity index (χ1v) is 7.45. The van der Waals surface area contributed by atoms with Crippen molar-refractivity contribution >= 4 is 11.6 Å². The van der Waals surface area contributed by atoms with Crippen molar-refractivity contribution in [1.82, 2.24) is 4.90 Å². The number of hydrogen-bond donors (Lipinski definition) is 1. The van der Waals surface area contributed by atoms with E-state index in [4.69, 9.17) is 0 Å². The predicted octanol–water partition coefficient (Wildman–Crippen LogP) is 4.08. The molecule has 24 heavy (non-hydrogen) atoms. The molecule has 0 aliphatic rings. The molecule has 0 aliphatic carbocycles. The fourth-order valence-corrected chi connectivity index (χ4v) is 2.28. The summed E-state index contributed by atoms with van der Waals surface area (Å²) in [7, 11) is 1.78. The second-order valence-corrected chi connectivity index (χ2v) is 5.78. The van der Waals surface area contributed by atoms with Crippen molar-refractivity contribution in [1.29, 1.82) is 0 Å². The van der Waals surface area contributed by atoms with Gasteiger partial charge in [0.2, 0.25) is 5.91 Å². The normalized spacial score (nSPS) is 11.6. The SMILES string of the molecule is Cc1ccc(CN(C)CC(=O)Nc2cccc(C(F)(F)F)c2)cc1. The summed E-state index contributed by atoms with van der Waals surface area (Å²) in [5.41, 5.74) is 1.57. The summed E-state index contributed by atoms with van der Waals surface area (Å²) >= 11 is 0. The van der Waals surface area contributed by atoms with Crippen molar-refractivity contribution < 1.29 is 18.0 Å². The molecule has 0 aromatic heterocycles. The number of halogens is 3. The van der Waals surface area contributed by atoms with Crippen LogP contribution in [0.4, 0.5) is 18.9 Å². The fourth-order valence-electron chi connectivity index (χ4n) is 2.28. The van der Waals surface area contributed by atoms with Crippen LogP contribution in [0.1, 0.15) is 16.7 Å². The summed E-state index contributed by atoms with van der Waals surface area (Å²) in [6, 6.07) is 12.6. The molecule has 1 N–H and O–H groups in total. The minimum Gasteiger partial charge on any atom is -0.325 e. The van der Waals surface area contributed by atoms with Crippen LogP contribution in [0.3, 0.4) is 0 Å². The molecule has 6 heteroatoms. The van der Waals surface area contributed by atoms with E-state index in [0.717, 1.165) is 23.3 Å². The molecule has 2 aromatic carbocycles. The van der Waals surface area contributed by atoms with Gasteiger partial charge in [-0.1, -0.05) is 35.9 Å². The molecule has 0 saturated carbocycles. The zero-order valence-electron chi connectivity index (χ0n) is 13.5. The van der Waals surface area contributed by atoms with Crippen LogP contribution in [0.5, 0.6) is 0 Å². The van der Waals surface area contributed by atoms with Gasteiger partial charge >= 0.3 is 6.18 Å². The van der Waals surface area contributed by atoms with Crippen molar-refractivity contribution in [2.75, 3.05) is 18.9 Å². The minimum absolute atomic E-state index is 0.0874. The summed E-state index contributed by atoms with van der Waals surface area (Å²) in [6.45, 7) is 2.66. The molecule has 3 nitrogen and oxygen atoms in total. The molecule has 2 rings (SSSR count). The second-order valence-electron chi connectivity index (χ2n) is 5.78. The van der Waals surface area contributed by atoms with E-state index in [1.165, 1.54) is 12.1 Å². The summed E-state index contributed by atoms with van der Waals surface area (Å²) in [5, 5.41) is 2.50. The van der Waals surface area contributed by atoms with E-state index < -0.39 is 11.7 Å². The summed E-state index contributed by atoms with van der Waals surface area (Å²) in [6.07, 6.45) is -4.43. The van der Waals surface area contributed by atoms with Gasteiger partial charge in [-0.2, -0.15) is 13.2 Å². The van der Waals surface area contributed by atoms with Gasteiger partial charge in [0.25, 0.3) is 0 Å². The van der Waals surface area contributed by atoms with Crippen LogP contribution in [0.15, 0.2) is 48.5 Å². The van der Waals surface area contributed by atoms with Crippen molar-refractivity contribution in [3.05, 3.63) is 65.2 Å². The lowest BCUT2D eigenvalue weighted by molar-refractivity contribution is -0.137. The van der Waals surface area contributed by atoms with Gasteiger partial charge in [-0.05, 0) is 37.7 Å². The van der Waals surface area contributed by atoms with Gasteiger partial charge in [0, 0.05) is 12.2 Å². The zero-order chi connectivity index (χ0) is 17.7. The summed E-state index contributed by atoms with van der Waals surface area (Å²) in [4.78, 5) is 13.8. The number of hydrogen-bond acceptors (Lipinski definition) is 2. The first-order valence-electron chi connectivity index (χ1n) is 7.45. The zero-order valence-corrected chi connectivity index (χ0v) is 13.5. The summed E-state index contributed by atoms with van der Waals surface area (Å²) < 4.78 is 38.0. The van der Waals surface area contributed by atoms with Crippen molar-refractivity contribution in [2.24, 2.45) is 0 Å². The Labute approximate surface area is 139 Å². The van der Waals surface area contributed by atoms with Gasteiger partial charge in [0.1, 0.15) is 0 Å². The van der Waals surface area contributed by atoms with Crippen molar-refractivity contribution in [2.45, 2.75) is 19.6 Å². The Kier molecular flexibility index (Phi) is 5.62. The maximum atomic E-state index is 12.7. The van der Waals surface area contributed by atoms with E-state index in [9.17, 15) is 18.0 Å². The van der Waals surface area contributed by atoms with E-state index in [-0.39, 0.29) is 18.1 Å². The van der Waals surface area contributed by atoms with Gasteiger partial charge in [-0.25, -0.2) is 0 Å². The molecule has 0 atom stereocenters. The summed E-state index contributed by atoms with van der Waals surface area (Å²) in [5.74, 6) is -0.357. The average Bonchev–Trinajstić information content (AvgIpc) is 2.49. The number of benzene rings is 2. The molecule has 0 unspecified atom stereocenters. The number of likely N-dealkylation sites (N-methyl/N-ethyl adjacent to an activating group) is 1. The molecule has 0 bridgehead atoms. The maximum absolute atomic E-state index is 12.7. The largest absolute Gasteiger partial charge is 0.416 e. The highest BCUT2D eigenvalue weighted by Crippen LogP contribution is 2.30. The number of aryl methyl sites for hydroxylation is 1. The number of nitrogens with zero attached hydrogens (tertiary/aromatic N) is 1. The first-order chi connectivity index (χ1) is 11.2. The Morgan fingerprint density at radius 2 is 1.79 bits per heavy atom. The predicted molar refractivity (Wildman–Crippen MR) is 87.6 cm³/mol. The highest BCUT2D eigenvalue weighted by atomic mass is 19.4. The molecule has 2 aromatic rings. The molecule has 0 radical (unpaired) electrons. The van der Waals surface area contributed by atoms with Crippen LogP contribution in [0, 0.1) is 6.92 Å². The number of carbonyl (C=O) groups is 1. The monoisotopic (exact) mass is 336 g/mol. The molecule has 128 valence electrons. The second kappa shape index (κ2) is 7.49. The van der Waals surface area contributed by atoms with Crippen molar-refractivity contribution in [3.63, 3.8) is 0 Å². The smallest absolute Gasteiger partial charge is 0.325 e. The number of alkyl halides is 3. The minimum atomic E-state index is -4.43. The standard InChI is InChI=1S/C18H19F3N2O/c1-13-6-8-14(9-7-13)11-23(2)12-17(24)22-16-5-3-4-15(10-16)18(19,20)21/h3-10H,11-12H2,1-2H3,(H,22,24). The van der Waals surface area contributed by atoms with E-state index >= 15 is 0 Å². The molecule has 0 heterocycles. The van der Waals surface area contributed by atoms with Gasteiger partial charge in [-0.3, -0.25) is 9.69 Å². The van der Waals surface area contributed by atoms with Crippen LogP contribution in [0.25, 0.3) is 0 Å². The Hall–Kier alpha value is -2.34. The highest BCUT2D eigenvalue weighted by molar-refractivity contribution is 5.92. The van der Waals surface area contributed by atoms with Crippen molar-refractivity contribution in [3.8, 4) is 0 Å². The maximum Gasteiger partial charge on any atom is 0.416 e. The van der Waals surface area contributed by atoms with Gasteiger partial charge < -0.3 is 5.32 Å². The molecule has 0 aliphatic heterocycles. The molecule has 0 fully saturated rings. The van der Waals surface area contributed by atoms with Crippen LogP contribution in [-0.4, -0.2) is 24.4 Å². The number of anilines is 1. The first kappa shape index (κ1) is 18.0. The average molecular weight is 336 g/mol. The quantitative estimate of drug-likeness (QED) is 0.892. The van der Waals surface area contributed by atoms with Crippen LogP contribution >= 0.6 is 0 Å². The molecular weight excluding hydrogens is 317 g/mol. The number of rotatable bonds is 5. The highest BCUT2D eigenvalue weighted by Gasteiger charge is 2.30. The van der Waals surface area contributed by atoms with Gasteiger partial charge in [0.15, 0.2) is 0 Å². The molecule has 0 saturated heterocycles. The van der Waals surface area contributed by atoms with Crippen LogP contribution in [-0.2, 0) is 17.5 Å². The Morgan fingerprint density at radius 3 is 2.42 bits per heavy atom. The third-order valence-electron chi connectivity index (χ3n) is 3.46. The van der Waals surface area contributed by atoms with E-state index in [1.807, 2.05) is 31.2 Å².